The summed E-state index contributed by atoms with van der Waals surface area (Å²) < 4.78 is 5.45. The fourth-order valence-corrected chi connectivity index (χ4v) is 3.35. The molecule has 1 fully saturated rings. The van der Waals surface area contributed by atoms with E-state index in [4.69, 9.17) is 4.74 Å². The third kappa shape index (κ3) is 2.80. The molecule has 1 atom stereocenters. The Hall–Kier alpha value is -1.85. The highest BCUT2D eigenvalue weighted by molar-refractivity contribution is 7.08. The van der Waals surface area contributed by atoms with E-state index in [9.17, 15) is 4.79 Å². The van der Waals surface area contributed by atoms with Gasteiger partial charge >= 0.3 is 0 Å². The molecule has 3 rings (SSSR count). The topological polar surface area (TPSA) is 41.6 Å². The molecule has 5 heteroatoms. The fraction of sp³-hybridized carbons (Fsp3) is 0.312. The number of benzene rings is 1. The van der Waals surface area contributed by atoms with Crippen LogP contribution in [-0.2, 0) is 0 Å². The molecule has 0 unspecified atom stereocenters. The number of nitrogens with zero attached hydrogens (tertiary/aromatic N) is 1. The minimum atomic E-state index is 0.00213. The van der Waals surface area contributed by atoms with Crippen molar-refractivity contribution < 1.29 is 9.53 Å². The van der Waals surface area contributed by atoms with Crippen molar-refractivity contribution in [1.29, 1.82) is 0 Å². The molecule has 21 heavy (non-hydrogen) atoms. The van der Waals surface area contributed by atoms with E-state index in [2.05, 4.69) is 5.32 Å². The zero-order valence-corrected chi connectivity index (χ0v) is 12.7. The Morgan fingerprint density at radius 3 is 3.00 bits per heavy atom. The van der Waals surface area contributed by atoms with Crippen LogP contribution < -0.4 is 10.1 Å². The van der Waals surface area contributed by atoms with Gasteiger partial charge in [-0.15, -0.1) is 0 Å². The molecular formula is C16H18N2O2S. The van der Waals surface area contributed by atoms with Crippen molar-refractivity contribution in [2.75, 3.05) is 26.7 Å². The van der Waals surface area contributed by atoms with Gasteiger partial charge in [0, 0.05) is 30.6 Å². The summed E-state index contributed by atoms with van der Waals surface area (Å²) in [5.74, 6) is 0.919. The Kier molecular flexibility index (Phi) is 4.22. The second-order valence-electron chi connectivity index (χ2n) is 4.97. The lowest BCUT2D eigenvalue weighted by Gasteiger charge is -2.37. The maximum Gasteiger partial charge on any atom is 0.255 e. The highest BCUT2D eigenvalue weighted by Gasteiger charge is 2.30. The molecule has 1 saturated heterocycles. The SMILES string of the molecule is COc1ccccc1[C@@H]1CNCCN1C(=O)c1ccsc1. The summed E-state index contributed by atoms with van der Waals surface area (Å²) >= 11 is 1.55. The Labute approximate surface area is 128 Å². The predicted octanol–water partition coefficient (Wildman–Crippen LogP) is 2.54. The number of thiophene rings is 1. The number of ether oxygens (including phenoxy) is 1. The second kappa shape index (κ2) is 6.28. The molecule has 0 radical (unpaired) electrons. The summed E-state index contributed by atoms with van der Waals surface area (Å²) in [6, 6.07) is 9.79. The van der Waals surface area contributed by atoms with Gasteiger partial charge in [-0.3, -0.25) is 4.79 Å². The van der Waals surface area contributed by atoms with E-state index in [1.807, 2.05) is 46.0 Å². The van der Waals surface area contributed by atoms with E-state index in [0.717, 1.165) is 30.0 Å². The van der Waals surface area contributed by atoms with Crippen LogP contribution in [0.15, 0.2) is 41.1 Å². The van der Waals surface area contributed by atoms with Crippen molar-refractivity contribution >= 4 is 17.2 Å². The van der Waals surface area contributed by atoms with Crippen molar-refractivity contribution in [1.82, 2.24) is 10.2 Å². The van der Waals surface area contributed by atoms with Crippen molar-refractivity contribution in [3.05, 3.63) is 52.2 Å². The van der Waals surface area contributed by atoms with Crippen LogP contribution >= 0.6 is 11.3 Å². The molecule has 0 saturated carbocycles. The van der Waals surface area contributed by atoms with Gasteiger partial charge in [0.1, 0.15) is 5.75 Å². The van der Waals surface area contributed by atoms with Gasteiger partial charge in [-0.05, 0) is 17.5 Å². The number of methoxy groups -OCH3 is 1. The molecule has 1 aromatic carbocycles. The standard InChI is InChI=1S/C16H18N2O2S/c1-20-15-5-3-2-4-13(15)14-10-17-7-8-18(14)16(19)12-6-9-21-11-12/h2-6,9,11,14,17H,7-8,10H2,1H3/t14-/m0/s1. The predicted molar refractivity (Wildman–Crippen MR) is 84.0 cm³/mol. The number of rotatable bonds is 3. The molecule has 1 aromatic heterocycles. The van der Waals surface area contributed by atoms with Gasteiger partial charge in [-0.1, -0.05) is 18.2 Å². The van der Waals surface area contributed by atoms with Gasteiger partial charge in [0.05, 0.1) is 18.7 Å². The number of amides is 1. The molecule has 2 aromatic rings. The minimum Gasteiger partial charge on any atom is -0.496 e. The number of carbonyl (C=O) groups is 1. The van der Waals surface area contributed by atoms with Crippen molar-refractivity contribution in [2.45, 2.75) is 6.04 Å². The molecule has 4 nitrogen and oxygen atoms in total. The number of para-hydroxylation sites is 1. The monoisotopic (exact) mass is 302 g/mol. The Morgan fingerprint density at radius 2 is 2.24 bits per heavy atom. The summed E-state index contributed by atoms with van der Waals surface area (Å²) in [5, 5.41) is 7.21. The number of piperazine rings is 1. The summed E-state index contributed by atoms with van der Waals surface area (Å²) in [4.78, 5) is 14.6. The van der Waals surface area contributed by atoms with Crippen LogP contribution in [0.25, 0.3) is 0 Å². The lowest BCUT2D eigenvalue weighted by molar-refractivity contribution is 0.0632. The number of hydrogen-bond acceptors (Lipinski definition) is 4. The molecular weight excluding hydrogens is 284 g/mol. The van der Waals surface area contributed by atoms with E-state index in [-0.39, 0.29) is 11.9 Å². The maximum absolute atomic E-state index is 12.7. The quantitative estimate of drug-likeness (QED) is 0.947. The van der Waals surface area contributed by atoms with E-state index in [0.29, 0.717) is 6.54 Å². The third-order valence-corrected chi connectivity index (χ3v) is 4.45. The summed E-state index contributed by atoms with van der Waals surface area (Å²) in [6.07, 6.45) is 0. The largest absolute Gasteiger partial charge is 0.496 e. The normalized spacial score (nSPS) is 18.5. The fourth-order valence-electron chi connectivity index (χ4n) is 2.72. The molecule has 1 amide bonds. The average molecular weight is 302 g/mol. The second-order valence-corrected chi connectivity index (χ2v) is 5.75. The van der Waals surface area contributed by atoms with Gasteiger partial charge in [0.15, 0.2) is 0 Å². The molecule has 110 valence electrons. The lowest BCUT2D eigenvalue weighted by Crippen LogP contribution is -2.48. The molecule has 1 aliphatic rings. The van der Waals surface area contributed by atoms with E-state index < -0.39 is 0 Å². The van der Waals surface area contributed by atoms with Gasteiger partial charge in [-0.2, -0.15) is 11.3 Å². The third-order valence-electron chi connectivity index (χ3n) is 3.77. The molecule has 0 spiro atoms. The first-order chi connectivity index (χ1) is 10.3. The zero-order chi connectivity index (χ0) is 14.7. The van der Waals surface area contributed by atoms with Gasteiger partial charge < -0.3 is 15.0 Å². The first-order valence-electron chi connectivity index (χ1n) is 6.98. The van der Waals surface area contributed by atoms with Crippen molar-refractivity contribution in [3.8, 4) is 5.75 Å². The number of carbonyl (C=O) groups excluding carboxylic acids is 1. The summed E-state index contributed by atoms with van der Waals surface area (Å²) in [6.45, 7) is 2.27. The Balaban J connectivity index is 1.93. The lowest BCUT2D eigenvalue weighted by atomic mass is 10.0. The summed E-state index contributed by atoms with van der Waals surface area (Å²) in [5.41, 5.74) is 1.82. The molecule has 0 bridgehead atoms. The zero-order valence-electron chi connectivity index (χ0n) is 11.9. The van der Waals surface area contributed by atoms with Gasteiger partial charge in [0.2, 0.25) is 0 Å². The molecule has 1 aliphatic heterocycles. The smallest absolute Gasteiger partial charge is 0.255 e. The van der Waals surface area contributed by atoms with Crippen molar-refractivity contribution in [2.24, 2.45) is 0 Å². The van der Waals surface area contributed by atoms with Crippen LogP contribution in [0.3, 0.4) is 0 Å². The summed E-state index contributed by atoms with van der Waals surface area (Å²) in [7, 11) is 1.67. The molecule has 1 N–H and O–H groups in total. The van der Waals surface area contributed by atoms with Crippen molar-refractivity contribution in [3.63, 3.8) is 0 Å². The van der Waals surface area contributed by atoms with E-state index in [1.54, 1.807) is 18.4 Å². The number of hydrogen-bond donors (Lipinski definition) is 1. The number of nitrogens with one attached hydrogen (secondary N) is 1. The highest BCUT2D eigenvalue weighted by Crippen LogP contribution is 2.31. The Morgan fingerprint density at radius 1 is 1.38 bits per heavy atom. The van der Waals surface area contributed by atoms with Crippen LogP contribution in [0.5, 0.6) is 5.75 Å². The van der Waals surface area contributed by atoms with Gasteiger partial charge in [0.25, 0.3) is 5.91 Å². The van der Waals surface area contributed by atoms with Crippen LogP contribution in [0, 0.1) is 0 Å². The van der Waals surface area contributed by atoms with Crippen LogP contribution in [0.2, 0.25) is 0 Å². The van der Waals surface area contributed by atoms with Crippen LogP contribution in [0.1, 0.15) is 22.0 Å². The highest BCUT2D eigenvalue weighted by atomic mass is 32.1. The molecule has 0 aliphatic carbocycles. The van der Waals surface area contributed by atoms with Gasteiger partial charge in [-0.25, -0.2) is 0 Å². The minimum absolute atomic E-state index is 0.00213. The van der Waals surface area contributed by atoms with E-state index >= 15 is 0 Å². The van der Waals surface area contributed by atoms with E-state index in [1.165, 1.54) is 0 Å². The first kappa shape index (κ1) is 14.1. The Bertz CT molecular complexity index is 612. The first-order valence-corrected chi connectivity index (χ1v) is 7.92. The maximum atomic E-state index is 12.7. The van der Waals surface area contributed by atoms with Crippen LogP contribution in [0.4, 0.5) is 0 Å². The molecule has 2 heterocycles. The average Bonchev–Trinajstić information content (AvgIpc) is 3.08. The van der Waals surface area contributed by atoms with Crippen LogP contribution in [-0.4, -0.2) is 37.6 Å².